The van der Waals surface area contributed by atoms with E-state index in [4.69, 9.17) is 10.5 Å². The quantitative estimate of drug-likeness (QED) is 0.756. The van der Waals surface area contributed by atoms with Gasteiger partial charge in [0.2, 0.25) is 5.91 Å². The lowest BCUT2D eigenvalue weighted by molar-refractivity contribution is -0.178. The summed E-state index contributed by atoms with van der Waals surface area (Å²) in [5, 5.41) is 0. The number of rotatable bonds is 7. The van der Waals surface area contributed by atoms with Crippen molar-refractivity contribution in [3.05, 3.63) is 0 Å². The van der Waals surface area contributed by atoms with E-state index in [2.05, 4.69) is 4.90 Å². The zero-order valence-electron chi connectivity index (χ0n) is 13.9. The van der Waals surface area contributed by atoms with Crippen molar-refractivity contribution >= 4 is 5.91 Å². The zero-order chi connectivity index (χ0) is 15.6. The van der Waals surface area contributed by atoms with Crippen molar-refractivity contribution < 1.29 is 9.53 Å². The predicted molar refractivity (Wildman–Crippen MR) is 81.5 cm³/mol. The second-order valence-corrected chi connectivity index (χ2v) is 6.72. The van der Waals surface area contributed by atoms with Crippen molar-refractivity contribution in [2.45, 2.75) is 45.3 Å². The highest BCUT2D eigenvalue weighted by atomic mass is 16.5. The summed E-state index contributed by atoms with van der Waals surface area (Å²) in [6, 6.07) is 0. The zero-order valence-corrected chi connectivity index (χ0v) is 13.9. The number of nitrogens with zero attached hydrogens (tertiary/aromatic N) is 2. The van der Waals surface area contributed by atoms with E-state index in [0.29, 0.717) is 13.0 Å². The SMILES string of the molecule is CCOC1CC(N)(C(=O)N(C)CCCN(C)C)C1(C)C. The third-order valence-corrected chi connectivity index (χ3v) is 4.66. The first-order chi connectivity index (χ1) is 9.16. The van der Waals surface area contributed by atoms with Crippen LogP contribution in [-0.2, 0) is 9.53 Å². The average Bonchev–Trinajstić information content (AvgIpc) is 2.36. The van der Waals surface area contributed by atoms with Crippen LogP contribution < -0.4 is 5.73 Å². The summed E-state index contributed by atoms with van der Waals surface area (Å²) in [5.74, 6) is 0.0391. The minimum Gasteiger partial charge on any atom is -0.378 e. The van der Waals surface area contributed by atoms with Crippen LogP contribution in [0.25, 0.3) is 0 Å². The van der Waals surface area contributed by atoms with Crippen LogP contribution in [0.1, 0.15) is 33.6 Å². The van der Waals surface area contributed by atoms with Gasteiger partial charge in [-0.15, -0.1) is 0 Å². The van der Waals surface area contributed by atoms with E-state index < -0.39 is 5.54 Å². The van der Waals surface area contributed by atoms with Crippen LogP contribution in [0.4, 0.5) is 0 Å². The van der Waals surface area contributed by atoms with Gasteiger partial charge in [0.1, 0.15) is 5.54 Å². The fourth-order valence-corrected chi connectivity index (χ4v) is 2.86. The number of likely N-dealkylation sites (N-methyl/N-ethyl adjacent to an activating group) is 1. The van der Waals surface area contributed by atoms with Crippen LogP contribution in [0.3, 0.4) is 0 Å². The number of carbonyl (C=O) groups is 1. The Kier molecular flexibility index (Phi) is 5.58. The van der Waals surface area contributed by atoms with Crippen LogP contribution in [0.5, 0.6) is 0 Å². The van der Waals surface area contributed by atoms with Crippen molar-refractivity contribution in [3.63, 3.8) is 0 Å². The largest absolute Gasteiger partial charge is 0.378 e. The number of hydrogen-bond donors (Lipinski definition) is 1. The molecule has 1 aliphatic rings. The Bertz CT molecular complexity index is 344. The van der Waals surface area contributed by atoms with Crippen molar-refractivity contribution in [1.29, 1.82) is 0 Å². The summed E-state index contributed by atoms with van der Waals surface area (Å²) in [6.07, 6.45) is 1.65. The lowest BCUT2D eigenvalue weighted by Gasteiger charge is -2.58. The standard InChI is InChI=1S/C15H31N3O2/c1-7-20-12-11-15(16,14(12,2)3)13(19)18(6)10-8-9-17(4)5/h12H,7-11,16H2,1-6H3. The first-order valence-electron chi connectivity index (χ1n) is 7.47. The van der Waals surface area contributed by atoms with Gasteiger partial charge in [-0.05, 0) is 34.0 Å². The first kappa shape index (κ1) is 17.4. The maximum Gasteiger partial charge on any atom is 0.243 e. The number of carbonyl (C=O) groups excluding carboxylic acids is 1. The molecule has 1 saturated carbocycles. The lowest BCUT2D eigenvalue weighted by atomic mass is 9.54. The van der Waals surface area contributed by atoms with Gasteiger partial charge in [0.15, 0.2) is 0 Å². The summed E-state index contributed by atoms with van der Waals surface area (Å²) in [7, 11) is 5.92. The number of amides is 1. The van der Waals surface area contributed by atoms with Crippen molar-refractivity contribution in [3.8, 4) is 0 Å². The maximum atomic E-state index is 12.6. The van der Waals surface area contributed by atoms with Gasteiger partial charge < -0.3 is 20.3 Å². The summed E-state index contributed by atoms with van der Waals surface area (Å²) in [4.78, 5) is 16.5. The predicted octanol–water partition coefficient (Wildman–Crippen LogP) is 0.929. The molecule has 1 amide bonds. The number of ether oxygens (including phenoxy) is 1. The molecule has 1 rings (SSSR count). The molecule has 2 N–H and O–H groups in total. The molecule has 0 aromatic carbocycles. The molecule has 5 heteroatoms. The molecule has 2 atom stereocenters. The highest BCUT2D eigenvalue weighted by Crippen LogP contribution is 2.50. The molecule has 5 nitrogen and oxygen atoms in total. The van der Waals surface area contributed by atoms with E-state index in [1.54, 1.807) is 4.90 Å². The molecule has 118 valence electrons. The van der Waals surface area contributed by atoms with Gasteiger partial charge in [0, 0.05) is 32.0 Å². The third kappa shape index (κ3) is 3.15. The van der Waals surface area contributed by atoms with Crippen LogP contribution in [0.2, 0.25) is 0 Å². The van der Waals surface area contributed by atoms with E-state index in [9.17, 15) is 4.79 Å². The van der Waals surface area contributed by atoms with Crippen LogP contribution in [0, 0.1) is 5.41 Å². The Morgan fingerprint density at radius 1 is 1.30 bits per heavy atom. The first-order valence-corrected chi connectivity index (χ1v) is 7.47. The van der Waals surface area contributed by atoms with Crippen LogP contribution >= 0.6 is 0 Å². The van der Waals surface area contributed by atoms with Crippen LogP contribution in [-0.4, -0.2) is 68.2 Å². The van der Waals surface area contributed by atoms with Crippen molar-refractivity contribution in [2.75, 3.05) is 40.8 Å². The van der Waals surface area contributed by atoms with Gasteiger partial charge in [-0.1, -0.05) is 13.8 Å². The molecule has 0 aliphatic heterocycles. The van der Waals surface area contributed by atoms with E-state index in [-0.39, 0.29) is 17.4 Å². The molecule has 1 fully saturated rings. The van der Waals surface area contributed by atoms with E-state index >= 15 is 0 Å². The molecule has 0 aromatic rings. The number of nitrogens with two attached hydrogens (primary N) is 1. The summed E-state index contributed by atoms with van der Waals surface area (Å²) < 4.78 is 5.67. The van der Waals surface area contributed by atoms with Gasteiger partial charge in [-0.25, -0.2) is 0 Å². The molecule has 20 heavy (non-hydrogen) atoms. The molecule has 0 spiro atoms. The van der Waals surface area contributed by atoms with Gasteiger partial charge in [-0.2, -0.15) is 0 Å². The molecular formula is C15H31N3O2. The van der Waals surface area contributed by atoms with Crippen molar-refractivity contribution in [2.24, 2.45) is 11.1 Å². The van der Waals surface area contributed by atoms with Crippen molar-refractivity contribution in [1.82, 2.24) is 9.80 Å². The Morgan fingerprint density at radius 2 is 1.90 bits per heavy atom. The van der Waals surface area contributed by atoms with Gasteiger partial charge in [0.25, 0.3) is 0 Å². The summed E-state index contributed by atoms with van der Waals surface area (Å²) in [5.41, 5.74) is 5.29. The fourth-order valence-electron chi connectivity index (χ4n) is 2.86. The van der Waals surface area contributed by atoms with Gasteiger partial charge >= 0.3 is 0 Å². The van der Waals surface area contributed by atoms with Crippen LogP contribution in [0.15, 0.2) is 0 Å². The average molecular weight is 285 g/mol. The Hall–Kier alpha value is -0.650. The second-order valence-electron chi connectivity index (χ2n) is 6.72. The van der Waals surface area contributed by atoms with E-state index in [0.717, 1.165) is 19.5 Å². The minimum atomic E-state index is -0.792. The molecular weight excluding hydrogens is 254 g/mol. The Morgan fingerprint density at radius 3 is 2.35 bits per heavy atom. The molecule has 0 radical (unpaired) electrons. The third-order valence-electron chi connectivity index (χ3n) is 4.66. The highest BCUT2D eigenvalue weighted by Gasteiger charge is 2.63. The minimum absolute atomic E-state index is 0.0391. The maximum absolute atomic E-state index is 12.6. The molecule has 1 aliphatic carbocycles. The van der Waals surface area contributed by atoms with E-state index in [1.807, 2.05) is 41.9 Å². The van der Waals surface area contributed by atoms with Gasteiger partial charge in [0.05, 0.1) is 6.10 Å². The topological polar surface area (TPSA) is 58.8 Å². The lowest BCUT2D eigenvalue weighted by Crippen LogP contribution is -2.75. The molecule has 2 unspecified atom stereocenters. The second kappa shape index (κ2) is 6.41. The number of hydrogen-bond acceptors (Lipinski definition) is 4. The monoisotopic (exact) mass is 285 g/mol. The van der Waals surface area contributed by atoms with E-state index in [1.165, 1.54) is 0 Å². The molecule has 0 heterocycles. The summed E-state index contributed by atoms with van der Waals surface area (Å²) >= 11 is 0. The smallest absolute Gasteiger partial charge is 0.243 e. The molecule has 0 saturated heterocycles. The van der Waals surface area contributed by atoms with Gasteiger partial charge in [-0.3, -0.25) is 4.79 Å². The fraction of sp³-hybridized carbons (Fsp3) is 0.933. The normalized spacial score (nSPS) is 28.3. The molecule has 0 aromatic heterocycles. The molecule has 0 bridgehead atoms. The Balaban J connectivity index is 2.58. The summed E-state index contributed by atoms with van der Waals surface area (Å²) in [6.45, 7) is 8.41. The Labute approximate surface area is 123 Å². The highest BCUT2D eigenvalue weighted by molar-refractivity contribution is 5.88.